The molecule has 1 heterocycles. The topological polar surface area (TPSA) is 60.2 Å². The molecule has 0 aliphatic rings. The van der Waals surface area contributed by atoms with E-state index in [2.05, 4.69) is 22.8 Å². The molecule has 162 valence electrons. The first-order valence-electron chi connectivity index (χ1n) is 10.1. The van der Waals surface area contributed by atoms with Gasteiger partial charge in [0.1, 0.15) is 5.75 Å². The lowest BCUT2D eigenvalue weighted by Gasteiger charge is -2.20. The second kappa shape index (κ2) is 10.3. The summed E-state index contributed by atoms with van der Waals surface area (Å²) in [5.41, 5.74) is 3.98. The van der Waals surface area contributed by atoms with Crippen molar-refractivity contribution in [2.75, 3.05) is 26.0 Å². The maximum absolute atomic E-state index is 12.7. The smallest absolute Gasteiger partial charge is 0.233 e. The SMILES string of the molecule is C=C(C)CN(CC)C(=O)CSc1nnc(-c2cccc(C)c2)n1-c1ccc(OC)cc1. The molecule has 31 heavy (non-hydrogen) atoms. The van der Waals surface area contributed by atoms with Crippen molar-refractivity contribution in [2.24, 2.45) is 0 Å². The number of hydrogen-bond acceptors (Lipinski definition) is 5. The summed E-state index contributed by atoms with van der Waals surface area (Å²) in [6.07, 6.45) is 0. The van der Waals surface area contributed by atoms with Gasteiger partial charge >= 0.3 is 0 Å². The molecule has 0 saturated heterocycles. The van der Waals surface area contributed by atoms with Gasteiger partial charge in [-0.3, -0.25) is 9.36 Å². The lowest BCUT2D eigenvalue weighted by Crippen LogP contribution is -2.33. The number of benzene rings is 2. The van der Waals surface area contributed by atoms with Gasteiger partial charge in [0, 0.05) is 24.3 Å². The van der Waals surface area contributed by atoms with Crippen LogP contribution in [0.25, 0.3) is 17.1 Å². The molecule has 0 aliphatic heterocycles. The van der Waals surface area contributed by atoms with Crippen molar-refractivity contribution < 1.29 is 9.53 Å². The van der Waals surface area contributed by atoms with Gasteiger partial charge in [-0.25, -0.2) is 0 Å². The number of aromatic nitrogens is 3. The minimum Gasteiger partial charge on any atom is -0.497 e. The zero-order valence-electron chi connectivity index (χ0n) is 18.5. The van der Waals surface area contributed by atoms with Crippen LogP contribution >= 0.6 is 11.8 Å². The maximum Gasteiger partial charge on any atom is 0.233 e. The fourth-order valence-corrected chi connectivity index (χ4v) is 4.07. The summed E-state index contributed by atoms with van der Waals surface area (Å²) < 4.78 is 7.28. The quantitative estimate of drug-likeness (QED) is 0.357. The Morgan fingerprint density at radius 3 is 2.55 bits per heavy atom. The standard InChI is InChI=1S/C24H28N4O2S/c1-6-27(15-17(2)3)22(29)16-31-24-26-25-23(19-9-7-8-18(4)14-19)28(24)20-10-12-21(30-5)13-11-20/h7-14H,2,6,15-16H2,1,3-5H3. The number of amides is 1. The summed E-state index contributed by atoms with van der Waals surface area (Å²) >= 11 is 1.39. The lowest BCUT2D eigenvalue weighted by atomic mass is 10.1. The first-order chi connectivity index (χ1) is 14.9. The van der Waals surface area contributed by atoms with Crippen LogP contribution in [0.3, 0.4) is 0 Å². The molecule has 0 spiro atoms. The molecule has 0 fully saturated rings. The first kappa shape index (κ1) is 22.6. The summed E-state index contributed by atoms with van der Waals surface area (Å²) in [6.45, 7) is 11.1. The number of nitrogens with zero attached hydrogens (tertiary/aromatic N) is 4. The average molecular weight is 437 g/mol. The van der Waals surface area contributed by atoms with E-state index in [1.807, 2.05) is 67.8 Å². The first-order valence-corrected chi connectivity index (χ1v) is 11.1. The minimum absolute atomic E-state index is 0.0527. The molecule has 1 aromatic heterocycles. The molecule has 1 amide bonds. The maximum atomic E-state index is 12.7. The van der Waals surface area contributed by atoms with E-state index < -0.39 is 0 Å². The van der Waals surface area contributed by atoms with E-state index in [1.165, 1.54) is 11.8 Å². The van der Waals surface area contributed by atoms with Gasteiger partial charge in [0.25, 0.3) is 0 Å². The van der Waals surface area contributed by atoms with Gasteiger partial charge in [0.05, 0.1) is 12.9 Å². The molecule has 0 aliphatic carbocycles. The van der Waals surface area contributed by atoms with Gasteiger partial charge in [-0.05, 0) is 51.1 Å². The zero-order valence-corrected chi connectivity index (χ0v) is 19.3. The van der Waals surface area contributed by atoms with Crippen LogP contribution in [0.5, 0.6) is 5.75 Å². The van der Waals surface area contributed by atoms with Crippen molar-refractivity contribution in [2.45, 2.75) is 25.9 Å². The Labute approximate surface area is 187 Å². The number of hydrogen-bond donors (Lipinski definition) is 0. The average Bonchev–Trinajstić information content (AvgIpc) is 3.19. The lowest BCUT2D eigenvalue weighted by molar-refractivity contribution is -0.127. The summed E-state index contributed by atoms with van der Waals surface area (Å²) in [5.74, 6) is 1.84. The largest absolute Gasteiger partial charge is 0.497 e. The Balaban J connectivity index is 1.94. The van der Waals surface area contributed by atoms with Gasteiger partial charge < -0.3 is 9.64 Å². The third kappa shape index (κ3) is 5.55. The van der Waals surface area contributed by atoms with Gasteiger partial charge in [-0.15, -0.1) is 10.2 Å². The molecular formula is C24H28N4O2S. The van der Waals surface area contributed by atoms with Crippen LogP contribution in [-0.2, 0) is 4.79 Å². The number of aryl methyl sites for hydroxylation is 1. The summed E-state index contributed by atoms with van der Waals surface area (Å²) in [7, 11) is 1.64. The van der Waals surface area contributed by atoms with E-state index in [1.54, 1.807) is 12.0 Å². The third-order valence-electron chi connectivity index (χ3n) is 4.76. The molecular weight excluding hydrogens is 408 g/mol. The van der Waals surface area contributed by atoms with Gasteiger partial charge in [0.2, 0.25) is 5.91 Å². The number of rotatable bonds is 9. The molecule has 0 radical (unpaired) electrons. The van der Waals surface area contributed by atoms with Crippen LogP contribution in [0.15, 0.2) is 65.8 Å². The van der Waals surface area contributed by atoms with Crippen LogP contribution in [-0.4, -0.2) is 51.5 Å². The predicted molar refractivity (Wildman–Crippen MR) is 126 cm³/mol. The van der Waals surface area contributed by atoms with E-state index in [4.69, 9.17) is 4.74 Å². The van der Waals surface area contributed by atoms with E-state index in [0.717, 1.165) is 34.0 Å². The molecule has 3 aromatic rings. The molecule has 7 heteroatoms. The number of likely N-dealkylation sites (N-methyl/N-ethyl adjacent to an activating group) is 1. The second-order valence-electron chi connectivity index (χ2n) is 7.36. The Morgan fingerprint density at radius 1 is 1.19 bits per heavy atom. The van der Waals surface area contributed by atoms with Crippen LogP contribution < -0.4 is 4.74 Å². The molecule has 6 nitrogen and oxygen atoms in total. The third-order valence-corrected chi connectivity index (χ3v) is 5.67. The summed E-state index contributed by atoms with van der Waals surface area (Å²) in [5, 5.41) is 9.54. The normalized spacial score (nSPS) is 10.7. The zero-order chi connectivity index (χ0) is 22.4. The number of thioether (sulfide) groups is 1. The summed E-state index contributed by atoms with van der Waals surface area (Å²) in [4.78, 5) is 14.5. The molecule has 3 rings (SSSR count). The Morgan fingerprint density at radius 2 is 1.94 bits per heavy atom. The summed E-state index contributed by atoms with van der Waals surface area (Å²) in [6, 6.07) is 15.9. The van der Waals surface area contributed by atoms with Crippen LogP contribution in [0.4, 0.5) is 0 Å². The predicted octanol–water partition coefficient (Wildman–Crippen LogP) is 4.77. The van der Waals surface area contributed by atoms with Crippen molar-refractivity contribution in [3.8, 4) is 22.8 Å². The Hall–Kier alpha value is -3.06. The monoisotopic (exact) mass is 436 g/mol. The second-order valence-corrected chi connectivity index (χ2v) is 8.31. The van der Waals surface area contributed by atoms with Crippen LogP contribution in [0, 0.1) is 6.92 Å². The Bertz CT molecular complexity index is 1060. The van der Waals surface area contributed by atoms with Crippen LogP contribution in [0.1, 0.15) is 19.4 Å². The van der Waals surface area contributed by atoms with Crippen molar-refractivity contribution in [3.63, 3.8) is 0 Å². The highest BCUT2D eigenvalue weighted by Gasteiger charge is 2.19. The fourth-order valence-electron chi connectivity index (χ4n) is 3.22. The van der Waals surface area contributed by atoms with E-state index >= 15 is 0 Å². The molecule has 0 bridgehead atoms. The number of methoxy groups -OCH3 is 1. The fraction of sp³-hybridized carbons (Fsp3) is 0.292. The van der Waals surface area contributed by atoms with Crippen LogP contribution in [0.2, 0.25) is 0 Å². The molecule has 0 atom stereocenters. The van der Waals surface area contributed by atoms with Gasteiger partial charge in [-0.1, -0.05) is 47.7 Å². The minimum atomic E-state index is 0.0527. The highest BCUT2D eigenvalue weighted by atomic mass is 32.2. The van der Waals surface area contributed by atoms with E-state index in [0.29, 0.717) is 18.2 Å². The molecule has 2 aromatic carbocycles. The highest BCUT2D eigenvalue weighted by molar-refractivity contribution is 7.99. The molecule has 0 unspecified atom stereocenters. The van der Waals surface area contributed by atoms with Crippen molar-refractivity contribution in [1.82, 2.24) is 19.7 Å². The number of carbonyl (C=O) groups is 1. The molecule has 0 saturated carbocycles. The van der Waals surface area contributed by atoms with E-state index in [9.17, 15) is 4.79 Å². The highest BCUT2D eigenvalue weighted by Crippen LogP contribution is 2.29. The van der Waals surface area contributed by atoms with Gasteiger partial charge in [-0.2, -0.15) is 0 Å². The number of carbonyl (C=O) groups excluding carboxylic acids is 1. The van der Waals surface area contributed by atoms with Crippen molar-refractivity contribution in [1.29, 1.82) is 0 Å². The number of ether oxygens (including phenoxy) is 1. The van der Waals surface area contributed by atoms with Crippen molar-refractivity contribution in [3.05, 3.63) is 66.2 Å². The van der Waals surface area contributed by atoms with Gasteiger partial charge in [0.15, 0.2) is 11.0 Å². The molecule has 0 N–H and O–H groups in total. The Kier molecular flexibility index (Phi) is 7.52. The van der Waals surface area contributed by atoms with E-state index in [-0.39, 0.29) is 11.7 Å². The van der Waals surface area contributed by atoms with Crippen molar-refractivity contribution >= 4 is 17.7 Å².